The number of hydrogen-bond acceptors (Lipinski definition) is 1. The Labute approximate surface area is 113 Å². The molecule has 17 heavy (non-hydrogen) atoms. The number of hydrogen-bond donors (Lipinski definition) is 0. The van der Waals surface area contributed by atoms with E-state index in [0.717, 1.165) is 18.4 Å². The van der Waals surface area contributed by atoms with E-state index in [4.69, 9.17) is 0 Å². The maximum atomic E-state index is 12.4. The van der Waals surface area contributed by atoms with Crippen molar-refractivity contribution in [3.8, 4) is 0 Å². The SMILES string of the molecule is CC(C)(C)C(=O)C1=C(C2=[C]([Ru])CC=C2)CC=C1. The van der Waals surface area contributed by atoms with Crippen LogP contribution in [0.5, 0.6) is 0 Å². The number of ketones is 1. The molecule has 91 valence electrons. The van der Waals surface area contributed by atoms with Gasteiger partial charge in [-0.25, -0.2) is 0 Å². The molecule has 2 aliphatic rings. The van der Waals surface area contributed by atoms with E-state index in [-0.39, 0.29) is 11.2 Å². The fraction of sp³-hybridized carbons (Fsp3) is 0.400. The standard InChI is InChI=1S/C15H17O.Ru/c1-15(2,3)14(16)13-10-6-9-12(13)11-7-4-5-8-11;/h4,6-7,10H,5,9H2,1-3H3;. The zero-order valence-electron chi connectivity index (χ0n) is 10.5. The number of carbonyl (C=O) groups excluding carboxylic acids is 1. The van der Waals surface area contributed by atoms with E-state index >= 15 is 0 Å². The first-order valence-corrected chi connectivity index (χ1v) is 6.77. The van der Waals surface area contributed by atoms with Crippen molar-refractivity contribution in [1.82, 2.24) is 0 Å². The second kappa shape index (κ2) is 4.50. The average Bonchev–Trinajstić information content (AvgIpc) is 2.82. The van der Waals surface area contributed by atoms with E-state index in [9.17, 15) is 4.79 Å². The van der Waals surface area contributed by atoms with Crippen molar-refractivity contribution < 1.29 is 23.1 Å². The molecule has 0 saturated heterocycles. The monoisotopic (exact) mass is 315 g/mol. The van der Waals surface area contributed by atoms with Crippen LogP contribution >= 0.6 is 0 Å². The number of rotatable bonds is 2. The molecule has 2 rings (SSSR count). The van der Waals surface area contributed by atoms with Gasteiger partial charge in [0.2, 0.25) is 0 Å². The zero-order chi connectivity index (χ0) is 12.6. The van der Waals surface area contributed by atoms with Crippen LogP contribution in [0.3, 0.4) is 0 Å². The van der Waals surface area contributed by atoms with Crippen LogP contribution in [0.1, 0.15) is 33.6 Å². The Balaban J connectivity index is 2.43. The molecule has 2 aliphatic carbocycles. The molecule has 0 atom stereocenters. The minimum atomic E-state index is -0.305. The van der Waals surface area contributed by atoms with Gasteiger partial charge in [0.25, 0.3) is 0 Å². The second-order valence-corrected chi connectivity index (χ2v) is 6.54. The Kier molecular flexibility index (Phi) is 3.36. The molecule has 0 aromatic carbocycles. The van der Waals surface area contributed by atoms with Crippen LogP contribution in [0.25, 0.3) is 0 Å². The van der Waals surface area contributed by atoms with Crippen molar-refractivity contribution in [1.29, 1.82) is 0 Å². The first-order valence-electron chi connectivity index (χ1n) is 5.90. The predicted molar refractivity (Wildman–Crippen MR) is 66.0 cm³/mol. The Hall–Kier alpha value is -0.747. The summed E-state index contributed by atoms with van der Waals surface area (Å²) in [6, 6.07) is 0. The van der Waals surface area contributed by atoms with Gasteiger partial charge in [-0.3, -0.25) is 0 Å². The van der Waals surface area contributed by atoms with Gasteiger partial charge >= 0.3 is 113 Å². The summed E-state index contributed by atoms with van der Waals surface area (Å²) in [5.74, 6) is 0.244. The molecule has 1 nitrogen and oxygen atoms in total. The van der Waals surface area contributed by atoms with Crippen LogP contribution in [-0.4, -0.2) is 5.78 Å². The summed E-state index contributed by atoms with van der Waals surface area (Å²) in [7, 11) is 0. The van der Waals surface area contributed by atoms with Crippen molar-refractivity contribution in [2.24, 2.45) is 5.41 Å². The Morgan fingerprint density at radius 1 is 1.18 bits per heavy atom. The topological polar surface area (TPSA) is 17.1 Å². The van der Waals surface area contributed by atoms with E-state index in [1.54, 1.807) is 0 Å². The third kappa shape index (κ3) is 2.42. The van der Waals surface area contributed by atoms with Crippen molar-refractivity contribution in [2.75, 3.05) is 0 Å². The molecule has 0 saturated carbocycles. The van der Waals surface area contributed by atoms with E-state index in [2.05, 4.69) is 36.5 Å². The van der Waals surface area contributed by atoms with Gasteiger partial charge in [0, 0.05) is 0 Å². The second-order valence-electron chi connectivity index (χ2n) is 5.49. The zero-order valence-corrected chi connectivity index (χ0v) is 12.2. The molecule has 0 amide bonds. The van der Waals surface area contributed by atoms with Crippen LogP contribution in [0.15, 0.2) is 45.2 Å². The summed E-state index contributed by atoms with van der Waals surface area (Å²) in [4.78, 5) is 12.4. The molecule has 0 radical (unpaired) electrons. The minimum absolute atomic E-state index is 0.244. The average molecular weight is 314 g/mol. The van der Waals surface area contributed by atoms with Crippen LogP contribution < -0.4 is 0 Å². The summed E-state index contributed by atoms with van der Waals surface area (Å²) >= 11 is 2.69. The molecule has 0 aliphatic heterocycles. The van der Waals surface area contributed by atoms with Gasteiger partial charge in [0.1, 0.15) is 0 Å². The molecular formula is C15H17ORu. The van der Waals surface area contributed by atoms with Crippen molar-refractivity contribution in [2.45, 2.75) is 33.6 Å². The molecule has 0 aromatic rings. The molecule has 0 unspecified atom stereocenters. The molecule has 0 aromatic heterocycles. The van der Waals surface area contributed by atoms with Gasteiger partial charge in [0.05, 0.1) is 0 Å². The van der Waals surface area contributed by atoms with Crippen LogP contribution in [0.4, 0.5) is 0 Å². The van der Waals surface area contributed by atoms with E-state index in [1.807, 2.05) is 26.8 Å². The summed E-state index contributed by atoms with van der Waals surface area (Å²) < 4.78 is 1.31. The molecule has 2 heteroatoms. The molecule has 0 spiro atoms. The van der Waals surface area contributed by atoms with Gasteiger partial charge in [-0.05, 0) is 0 Å². The summed E-state index contributed by atoms with van der Waals surface area (Å²) in [5, 5.41) is 0. The molecule has 0 heterocycles. The Morgan fingerprint density at radius 3 is 2.35 bits per heavy atom. The van der Waals surface area contributed by atoms with E-state index in [1.165, 1.54) is 15.3 Å². The first kappa shape index (κ1) is 12.7. The van der Waals surface area contributed by atoms with Crippen LogP contribution in [0, 0.1) is 5.41 Å². The third-order valence-corrected chi connectivity index (χ3v) is 3.87. The van der Waals surface area contributed by atoms with Crippen molar-refractivity contribution in [3.63, 3.8) is 0 Å². The first-order chi connectivity index (χ1) is 7.91. The van der Waals surface area contributed by atoms with Gasteiger partial charge in [-0.1, -0.05) is 0 Å². The quantitative estimate of drug-likeness (QED) is 0.712. The van der Waals surface area contributed by atoms with E-state index < -0.39 is 0 Å². The van der Waals surface area contributed by atoms with Gasteiger partial charge in [-0.15, -0.1) is 0 Å². The summed E-state index contributed by atoms with van der Waals surface area (Å²) in [5.41, 5.74) is 3.05. The van der Waals surface area contributed by atoms with Crippen molar-refractivity contribution >= 4 is 5.78 Å². The Bertz CT molecular complexity index is 482. The predicted octanol–water partition coefficient (Wildman–Crippen LogP) is 3.62. The van der Waals surface area contributed by atoms with Gasteiger partial charge in [0.15, 0.2) is 0 Å². The van der Waals surface area contributed by atoms with Crippen LogP contribution in [-0.2, 0) is 23.1 Å². The van der Waals surface area contributed by atoms with Crippen molar-refractivity contribution in [3.05, 3.63) is 45.2 Å². The van der Waals surface area contributed by atoms with E-state index in [0.29, 0.717) is 0 Å². The fourth-order valence-corrected chi connectivity index (χ4v) is 2.73. The summed E-state index contributed by atoms with van der Waals surface area (Å²) in [6.45, 7) is 5.94. The van der Waals surface area contributed by atoms with Gasteiger partial charge in [-0.2, -0.15) is 0 Å². The van der Waals surface area contributed by atoms with Gasteiger partial charge < -0.3 is 0 Å². The fourth-order valence-electron chi connectivity index (χ4n) is 2.11. The number of carbonyl (C=O) groups is 1. The number of Topliss-reactive ketones (excluding diaryl/α,β-unsaturated/α-hetero) is 1. The molecule has 0 fully saturated rings. The maximum absolute atomic E-state index is 12.4. The molecular weight excluding hydrogens is 297 g/mol. The molecule has 0 bridgehead atoms. The summed E-state index contributed by atoms with van der Waals surface area (Å²) in [6.07, 6.45) is 10.3. The normalized spacial score (nSPS) is 19.8. The Morgan fingerprint density at radius 2 is 1.82 bits per heavy atom. The number of allylic oxidation sites excluding steroid dienone is 8. The molecule has 0 N–H and O–H groups in total. The van der Waals surface area contributed by atoms with Crippen LogP contribution in [0.2, 0.25) is 0 Å². The third-order valence-electron chi connectivity index (χ3n) is 3.04.